The van der Waals surface area contributed by atoms with Gasteiger partial charge in [-0.2, -0.15) is 0 Å². The fourth-order valence-corrected chi connectivity index (χ4v) is 2.09. The predicted octanol–water partition coefficient (Wildman–Crippen LogP) is 3.96. The highest BCUT2D eigenvalue weighted by atomic mass is 15.0. The van der Waals surface area contributed by atoms with Gasteiger partial charge in [-0.1, -0.05) is 59.3 Å². The third kappa shape index (κ3) is 14.0. The standard InChI is InChI=1S/C16H36N2/c1-5-6-7-8-9-10-11-12-18-16(4)14-17-13-15(2)3/h15-18H,5-14H2,1-4H3. The lowest BCUT2D eigenvalue weighted by Crippen LogP contribution is -2.38. The number of nitrogens with one attached hydrogen (secondary N) is 2. The minimum absolute atomic E-state index is 0.601. The minimum atomic E-state index is 0.601. The SMILES string of the molecule is CCCCCCCCCNC(C)CNCC(C)C. The molecule has 0 aromatic rings. The Morgan fingerprint density at radius 1 is 0.778 bits per heavy atom. The van der Waals surface area contributed by atoms with Crippen molar-refractivity contribution in [1.29, 1.82) is 0 Å². The van der Waals surface area contributed by atoms with E-state index in [0.717, 1.165) is 19.0 Å². The Morgan fingerprint density at radius 2 is 1.39 bits per heavy atom. The smallest absolute Gasteiger partial charge is 0.0164 e. The zero-order valence-corrected chi connectivity index (χ0v) is 13.2. The van der Waals surface area contributed by atoms with Crippen LogP contribution in [0.2, 0.25) is 0 Å². The summed E-state index contributed by atoms with van der Waals surface area (Å²) < 4.78 is 0. The van der Waals surface area contributed by atoms with Gasteiger partial charge in [-0.3, -0.25) is 0 Å². The Kier molecular flexibility index (Phi) is 13.3. The molecule has 0 amide bonds. The first kappa shape index (κ1) is 17.9. The molecule has 0 spiro atoms. The molecule has 0 aliphatic carbocycles. The zero-order valence-electron chi connectivity index (χ0n) is 13.2. The third-order valence-corrected chi connectivity index (χ3v) is 3.28. The van der Waals surface area contributed by atoms with E-state index in [4.69, 9.17) is 0 Å². The molecule has 0 aromatic heterocycles. The summed E-state index contributed by atoms with van der Waals surface area (Å²) in [5.41, 5.74) is 0. The Balaban J connectivity index is 3.12. The molecule has 2 nitrogen and oxygen atoms in total. The number of rotatable bonds is 13. The van der Waals surface area contributed by atoms with Gasteiger partial charge in [0.1, 0.15) is 0 Å². The van der Waals surface area contributed by atoms with Crippen molar-refractivity contribution in [3.63, 3.8) is 0 Å². The van der Waals surface area contributed by atoms with Crippen molar-refractivity contribution in [2.24, 2.45) is 5.92 Å². The molecular weight excluding hydrogens is 220 g/mol. The Bertz CT molecular complexity index is 157. The normalized spacial score (nSPS) is 13.2. The number of unbranched alkanes of at least 4 members (excludes halogenated alkanes) is 6. The van der Waals surface area contributed by atoms with Gasteiger partial charge >= 0.3 is 0 Å². The van der Waals surface area contributed by atoms with Crippen molar-refractivity contribution < 1.29 is 0 Å². The molecule has 1 unspecified atom stereocenters. The van der Waals surface area contributed by atoms with E-state index in [0.29, 0.717) is 6.04 Å². The van der Waals surface area contributed by atoms with Crippen molar-refractivity contribution in [2.45, 2.75) is 78.7 Å². The lowest BCUT2D eigenvalue weighted by atomic mass is 10.1. The van der Waals surface area contributed by atoms with Crippen molar-refractivity contribution in [2.75, 3.05) is 19.6 Å². The summed E-state index contributed by atoms with van der Waals surface area (Å²) in [6.45, 7) is 12.5. The Morgan fingerprint density at radius 3 is 2.00 bits per heavy atom. The molecule has 110 valence electrons. The second-order valence-corrected chi connectivity index (χ2v) is 6.03. The predicted molar refractivity (Wildman–Crippen MR) is 83.2 cm³/mol. The first-order valence-corrected chi connectivity index (χ1v) is 8.10. The van der Waals surface area contributed by atoms with Crippen molar-refractivity contribution in [1.82, 2.24) is 10.6 Å². The van der Waals surface area contributed by atoms with E-state index in [1.807, 2.05) is 0 Å². The molecular formula is C16H36N2. The van der Waals surface area contributed by atoms with E-state index < -0.39 is 0 Å². The monoisotopic (exact) mass is 256 g/mol. The second kappa shape index (κ2) is 13.4. The quantitative estimate of drug-likeness (QED) is 0.487. The minimum Gasteiger partial charge on any atom is -0.315 e. The third-order valence-electron chi connectivity index (χ3n) is 3.28. The fourth-order valence-electron chi connectivity index (χ4n) is 2.09. The van der Waals surface area contributed by atoms with Crippen LogP contribution in [0.25, 0.3) is 0 Å². The molecule has 0 saturated heterocycles. The van der Waals surface area contributed by atoms with E-state index in [9.17, 15) is 0 Å². The molecule has 1 atom stereocenters. The summed E-state index contributed by atoms with van der Waals surface area (Å²) in [5.74, 6) is 0.750. The van der Waals surface area contributed by atoms with Gasteiger partial charge in [0.25, 0.3) is 0 Å². The van der Waals surface area contributed by atoms with E-state index in [-0.39, 0.29) is 0 Å². The van der Waals surface area contributed by atoms with Gasteiger partial charge in [-0.15, -0.1) is 0 Å². The van der Waals surface area contributed by atoms with E-state index in [1.165, 1.54) is 51.5 Å². The summed E-state index contributed by atoms with van der Waals surface area (Å²) in [4.78, 5) is 0. The number of hydrogen-bond acceptors (Lipinski definition) is 2. The van der Waals surface area contributed by atoms with Gasteiger partial charge in [-0.25, -0.2) is 0 Å². The summed E-state index contributed by atoms with van der Waals surface area (Å²) in [6, 6.07) is 0.601. The van der Waals surface area contributed by atoms with Crippen LogP contribution in [-0.2, 0) is 0 Å². The highest BCUT2D eigenvalue weighted by Gasteiger charge is 2.00. The molecule has 0 heterocycles. The van der Waals surface area contributed by atoms with Gasteiger partial charge in [-0.05, 0) is 32.4 Å². The molecule has 0 rings (SSSR count). The molecule has 0 aliphatic rings. The van der Waals surface area contributed by atoms with Crippen LogP contribution in [-0.4, -0.2) is 25.7 Å². The lowest BCUT2D eigenvalue weighted by Gasteiger charge is -2.15. The van der Waals surface area contributed by atoms with Crippen LogP contribution in [0.5, 0.6) is 0 Å². The maximum atomic E-state index is 3.60. The van der Waals surface area contributed by atoms with Gasteiger partial charge in [0.05, 0.1) is 0 Å². The van der Waals surface area contributed by atoms with Crippen LogP contribution in [0.15, 0.2) is 0 Å². The van der Waals surface area contributed by atoms with Gasteiger partial charge in [0.15, 0.2) is 0 Å². The molecule has 0 radical (unpaired) electrons. The summed E-state index contributed by atoms with van der Waals surface area (Å²) in [7, 11) is 0. The van der Waals surface area contributed by atoms with E-state index >= 15 is 0 Å². The molecule has 0 aliphatic heterocycles. The van der Waals surface area contributed by atoms with Crippen LogP contribution >= 0.6 is 0 Å². The first-order valence-electron chi connectivity index (χ1n) is 8.10. The van der Waals surface area contributed by atoms with Crippen LogP contribution in [0, 0.1) is 5.92 Å². The average molecular weight is 256 g/mol. The molecule has 0 fully saturated rings. The maximum absolute atomic E-state index is 3.60. The van der Waals surface area contributed by atoms with Gasteiger partial charge < -0.3 is 10.6 Å². The summed E-state index contributed by atoms with van der Waals surface area (Å²) in [6.07, 6.45) is 9.77. The van der Waals surface area contributed by atoms with Gasteiger partial charge in [0, 0.05) is 12.6 Å². The molecule has 0 saturated carbocycles. The molecule has 2 heteroatoms. The van der Waals surface area contributed by atoms with E-state index in [1.54, 1.807) is 0 Å². The van der Waals surface area contributed by atoms with Crippen LogP contribution in [0.1, 0.15) is 72.6 Å². The molecule has 0 aromatic carbocycles. The Hall–Kier alpha value is -0.0800. The van der Waals surface area contributed by atoms with E-state index in [2.05, 4.69) is 38.3 Å². The molecule has 18 heavy (non-hydrogen) atoms. The average Bonchev–Trinajstić information content (AvgIpc) is 2.32. The lowest BCUT2D eigenvalue weighted by molar-refractivity contribution is 0.462. The van der Waals surface area contributed by atoms with Crippen LogP contribution in [0.3, 0.4) is 0 Å². The van der Waals surface area contributed by atoms with Crippen molar-refractivity contribution in [3.05, 3.63) is 0 Å². The second-order valence-electron chi connectivity index (χ2n) is 6.03. The highest BCUT2D eigenvalue weighted by Crippen LogP contribution is 2.06. The van der Waals surface area contributed by atoms with Gasteiger partial charge in [0.2, 0.25) is 0 Å². The first-order chi connectivity index (χ1) is 8.66. The zero-order chi connectivity index (χ0) is 13.6. The van der Waals surface area contributed by atoms with Crippen molar-refractivity contribution in [3.8, 4) is 0 Å². The fraction of sp³-hybridized carbons (Fsp3) is 1.00. The van der Waals surface area contributed by atoms with Crippen LogP contribution < -0.4 is 10.6 Å². The van der Waals surface area contributed by atoms with Crippen molar-refractivity contribution >= 4 is 0 Å². The maximum Gasteiger partial charge on any atom is 0.0164 e. The molecule has 2 N–H and O–H groups in total. The largest absolute Gasteiger partial charge is 0.315 e. The molecule has 0 bridgehead atoms. The highest BCUT2D eigenvalue weighted by molar-refractivity contribution is 4.64. The topological polar surface area (TPSA) is 24.1 Å². The number of hydrogen-bond donors (Lipinski definition) is 2. The Labute approximate surface area is 115 Å². The summed E-state index contributed by atoms with van der Waals surface area (Å²) >= 11 is 0. The van der Waals surface area contributed by atoms with Crippen LogP contribution in [0.4, 0.5) is 0 Å². The summed E-state index contributed by atoms with van der Waals surface area (Å²) in [5, 5.41) is 7.09.